The van der Waals surface area contributed by atoms with E-state index in [1.807, 2.05) is 13.8 Å². The highest BCUT2D eigenvalue weighted by atomic mass is 16.5. The van der Waals surface area contributed by atoms with Crippen molar-refractivity contribution >= 4 is 5.97 Å². The number of ether oxygens (including phenoxy) is 1. The average molecular weight is 185 g/mol. The Balaban J connectivity index is 2.60. The zero-order chi connectivity index (χ0) is 9.90. The standard InChI is InChI=1S/C10H19NO2/c1-10(2,9(12)13-3)8-5-4-6-11-7-8/h8,11H,4-7H2,1-3H3/t8-/m1/s1. The summed E-state index contributed by atoms with van der Waals surface area (Å²) >= 11 is 0. The number of hydrogen-bond donors (Lipinski definition) is 1. The summed E-state index contributed by atoms with van der Waals surface area (Å²) in [6.07, 6.45) is 2.28. The van der Waals surface area contributed by atoms with Crippen LogP contribution in [-0.2, 0) is 9.53 Å². The smallest absolute Gasteiger partial charge is 0.311 e. The lowest BCUT2D eigenvalue weighted by atomic mass is 9.75. The maximum atomic E-state index is 11.5. The van der Waals surface area contributed by atoms with Crippen LogP contribution in [0.4, 0.5) is 0 Å². The second-order valence-corrected chi connectivity index (χ2v) is 4.26. The van der Waals surface area contributed by atoms with Gasteiger partial charge in [0.15, 0.2) is 0 Å². The molecule has 1 saturated heterocycles. The first-order chi connectivity index (χ1) is 6.09. The molecule has 0 amide bonds. The van der Waals surface area contributed by atoms with E-state index in [-0.39, 0.29) is 11.4 Å². The fourth-order valence-electron chi connectivity index (χ4n) is 1.90. The van der Waals surface area contributed by atoms with E-state index in [4.69, 9.17) is 4.74 Å². The second-order valence-electron chi connectivity index (χ2n) is 4.26. The highest BCUT2D eigenvalue weighted by molar-refractivity contribution is 5.76. The molecule has 1 aliphatic rings. The zero-order valence-corrected chi connectivity index (χ0v) is 8.72. The van der Waals surface area contributed by atoms with E-state index in [1.165, 1.54) is 7.11 Å². The molecule has 0 aromatic rings. The van der Waals surface area contributed by atoms with Crippen LogP contribution in [0.1, 0.15) is 26.7 Å². The molecule has 1 rings (SSSR count). The third kappa shape index (κ3) is 2.21. The molecule has 0 spiro atoms. The predicted molar refractivity (Wildman–Crippen MR) is 51.4 cm³/mol. The molecule has 0 saturated carbocycles. The maximum Gasteiger partial charge on any atom is 0.311 e. The van der Waals surface area contributed by atoms with Gasteiger partial charge in [0.2, 0.25) is 0 Å². The summed E-state index contributed by atoms with van der Waals surface area (Å²) < 4.78 is 4.80. The van der Waals surface area contributed by atoms with Gasteiger partial charge in [-0.15, -0.1) is 0 Å². The highest BCUT2D eigenvalue weighted by Crippen LogP contribution is 2.32. The number of esters is 1. The van der Waals surface area contributed by atoms with Crippen molar-refractivity contribution in [3.8, 4) is 0 Å². The molecular formula is C10H19NO2. The minimum atomic E-state index is -0.345. The van der Waals surface area contributed by atoms with Crippen LogP contribution in [0.3, 0.4) is 0 Å². The molecule has 1 heterocycles. The van der Waals surface area contributed by atoms with Crippen molar-refractivity contribution in [2.45, 2.75) is 26.7 Å². The number of piperidine rings is 1. The summed E-state index contributed by atoms with van der Waals surface area (Å²) in [6.45, 7) is 5.95. The summed E-state index contributed by atoms with van der Waals surface area (Å²) in [7, 11) is 1.46. The Morgan fingerprint density at radius 1 is 1.54 bits per heavy atom. The molecule has 3 nitrogen and oxygen atoms in total. The quantitative estimate of drug-likeness (QED) is 0.657. The van der Waals surface area contributed by atoms with Gasteiger partial charge in [0, 0.05) is 0 Å². The zero-order valence-electron chi connectivity index (χ0n) is 8.72. The molecule has 0 aromatic heterocycles. The summed E-state index contributed by atoms with van der Waals surface area (Å²) in [5.74, 6) is 0.315. The Kier molecular flexibility index (Phi) is 3.31. The lowest BCUT2D eigenvalue weighted by Gasteiger charge is -2.34. The van der Waals surface area contributed by atoms with Crippen LogP contribution in [0.15, 0.2) is 0 Å². The molecule has 1 aliphatic heterocycles. The Labute approximate surface area is 79.8 Å². The molecule has 0 aliphatic carbocycles. The fraction of sp³-hybridized carbons (Fsp3) is 0.900. The summed E-state index contributed by atoms with van der Waals surface area (Å²) in [5.41, 5.74) is -0.345. The minimum absolute atomic E-state index is 0.0961. The topological polar surface area (TPSA) is 38.3 Å². The van der Waals surface area contributed by atoms with Crippen molar-refractivity contribution in [1.82, 2.24) is 5.32 Å². The molecule has 0 unspecified atom stereocenters. The van der Waals surface area contributed by atoms with Gasteiger partial charge in [0.05, 0.1) is 12.5 Å². The van der Waals surface area contributed by atoms with E-state index in [1.54, 1.807) is 0 Å². The van der Waals surface area contributed by atoms with Crippen LogP contribution in [-0.4, -0.2) is 26.2 Å². The van der Waals surface area contributed by atoms with Crippen molar-refractivity contribution < 1.29 is 9.53 Å². The number of carbonyl (C=O) groups excluding carboxylic acids is 1. The van der Waals surface area contributed by atoms with Crippen LogP contribution >= 0.6 is 0 Å². The third-order valence-electron chi connectivity index (χ3n) is 3.03. The molecule has 76 valence electrons. The van der Waals surface area contributed by atoms with Gasteiger partial charge in [-0.3, -0.25) is 4.79 Å². The monoisotopic (exact) mass is 185 g/mol. The first kappa shape index (κ1) is 10.5. The molecule has 3 heteroatoms. The fourth-order valence-corrected chi connectivity index (χ4v) is 1.90. The van der Waals surface area contributed by atoms with E-state index < -0.39 is 0 Å². The number of methoxy groups -OCH3 is 1. The van der Waals surface area contributed by atoms with Crippen LogP contribution in [0, 0.1) is 11.3 Å². The summed E-state index contributed by atoms with van der Waals surface area (Å²) in [4.78, 5) is 11.5. The van der Waals surface area contributed by atoms with Crippen molar-refractivity contribution in [2.24, 2.45) is 11.3 Å². The summed E-state index contributed by atoms with van der Waals surface area (Å²) in [5, 5.41) is 3.31. The Morgan fingerprint density at radius 2 is 2.23 bits per heavy atom. The normalized spacial score (nSPS) is 24.1. The van der Waals surface area contributed by atoms with E-state index in [0.717, 1.165) is 25.9 Å². The van der Waals surface area contributed by atoms with Gasteiger partial charge in [0.1, 0.15) is 0 Å². The first-order valence-electron chi connectivity index (χ1n) is 4.88. The Hall–Kier alpha value is -0.570. The first-order valence-corrected chi connectivity index (χ1v) is 4.88. The minimum Gasteiger partial charge on any atom is -0.469 e. The van der Waals surface area contributed by atoms with Crippen molar-refractivity contribution in [3.05, 3.63) is 0 Å². The second kappa shape index (κ2) is 4.09. The Bertz CT molecular complexity index is 183. The van der Waals surface area contributed by atoms with Crippen molar-refractivity contribution in [1.29, 1.82) is 0 Å². The highest BCUT2D eigenvalue weighted by Gasteiger charge is 2.38. The van der Waals surface area contributed by atoms with Crippen LogP contribution in [0.25, 0.3) is 0 Å². The maximum absolute atomic E-state index is 11.5. The van der Waals surface area contributed by atoms with Crippen LogP contribution in [0.2, 0.25) is 0 Å². The van der Waals surface area contributed by atoms with E-state index in [2.05, 4.69) is 5.32 Å². The van der Waals surface area contributed by atoms with Gasteiger partial charge in [-0.05, 0) is 45.7 Å². The molecule has 0 radical (unpaired) electrons. The SMILES string of the molecule is COC(=O)C(C)(C)[C@@H]1CCCNC1. The van der Waals surface area contributed by atoms with Crippen LogP contribution < -0.4 is 5.32 Å². The number of nitrogens with one attached hydrogen (secondary N) is 1. The predicted octanol–water partition coefficient (Wildman–Crippen LogP) is 1.19. The molecular weight excluding hydrogens is 166 g/mol. The van der Waals surface area contributed by atoms with E-state index in [9.17, 15) is 4.79 Å². The largest absolute Gasteiger partial charge is 0.469 e. The molecule has 0 bridgehead atoms. The van der Waals surface area contributed by atoms with Gasteiger partial charge < -0.3 is 10.1 Å². The van der Waals surface area contributed by atoms with Crippen molar-refractivity contribution in [2.75, 3.05) is 20.2 Å². The van der Waals surface area contributed by atoms with E-state index in [0.29, 0.717) is 5.92 Å². The third-order valence-corrected chi connectivity index (χ3v) is 3.03. The molecule has 1 fully saturated rings. The molecule has 13 heavy (non-hydrogen) atoms. The molecule has 1 atom stereocenters. The van der Waals surface area contributed by atoms with Crippen LogP contribution in [0.5, 0.6) is 0 Å². The van der Waals surface area contributed by atoms with Gasteiger partial charge in [-0.1, -0.05) is 0 Å². The summed E-state index contributed by atoms with van der Waals surface area (Å²) in [6, 6.07) is 0. The number of carbonyl (C=O) groups is 1. The number of rotatable bonds is 2. The van der Waals surface area contributed by atoms with E-state index >= 15 is 0 Å². The van der Waals surface area contributed by atoms with Gasteiger partial charge in [-0.2, -0.15) is 0 Å². The van der Waals surface area contributed by atoms with Gasteiger partial charge in [-0.25, -0.2) is 0 Å². The van der Waals surface area contributed by atoms with Crippen molar-refractivity contribution in [3.63, 3.8) is 0 Å². The molecule has 0 aromatic carbocycles. The van der Waals surface area contributed by atoms with Gasteiger partial charge in [0.25, 0.3) is 0 Å². The number of hydrogen-bond acceptors (Lipinski definition) is 3. The molecule has 1 N–H and O–H groups in total. The van der Waals surface area contributed by atoms with Gasteiger partial charge >= 0.3 is 5.97 Å². The average Bonchev–Trinajstić information content (AvgIpc) is 2.18. The Morgan fingerprint density at radius 3 is 2.69 bits per heavy atom. The lowest BCUT2D eigenvalue weighted by molar-refractivity contribution is -0.154. The lowest BCUT2D eigenvalue weighted by Crippen LogP contribution is -2.43.